The van der Waals surface area contributed by atoms with Gasteiger partial charge in [-0.05, 0) is 18.9 Å². The Hall–Kier alpha value is -1.42. The monoisotopic (exact) mass is 246 g/mol. The van der Waals surface area contributed by atoms with E-state index >= 15 is 0 Å². The predicted molar refractivity (Wildman–Crippen MR) is 69.8 cm³/mol. The number of hydrogen-bond donors (Lipinski definition) is 1. The molecule has 0 bridgehead atoms. The Morgan fingerprint density at radius 1 is 1.24 bits per heavy atom. The third kappa shape index (κ3) is 2.05. The Labute approximate surface area is 104 Å². The minimum Gasteiger partial charge on any atom is -0.367 e. The average molecular weight is 246 g/mol. The molecular weight excluding hydrogens is 232 g/mol. The molecule has 0 radical (unpaired) electrons. The minimum atomic E-state index is 0.395. The largest absolute Gasteiger partial charge is 0.367 e. The summed E-state index contributed by atoms with van der Waals surface area (Å²) in [7, 11) is 0. The standard InChI is InChI=1S/C13H14N2OS/c14-13-11(8-15-16-13)10-6-1-2-7-12(10)17-9-4-3-5-9/h1-2,6-9H,3-5,14H2. The fourth-order valence-electron chi connectivity index (χ4n) is 1.91. The summed E-state index contributed by atoms with van der Waals surface area (Å²) in [6.07, 6.45) is 5.68. The fourth-order valence-corrected chi connectivity index (χ4v) is 3.30. The SMILES string of the molecule is Nc1oncc1-c1ccccc1SC1CCC1. The zero-order valence-electron chi connectivity index (χ0n) is 9.43. The number of benzene rings is 1. The molecule has 0 amide bonds. The van der Waals surface area contributed by atoms with E-state index in [-0.39, 0.29) is 0 Å². The van der Waals surface area contributed by atoms with Crippen LogP contribution in [0.15, 0.2) is 39.9 Å². The van der Waals surface area contributed by atoms with Crippen LogP contribution in [-0.2, 0) is 0 Å². The van der Waals surface area contributed by atoms with Gasteiger partial charge in [0.1, 0.15) is 0 Å². The van der Waals surface area contributed by atoms with Crippen molar-refractivity contribution in [1.82, 2.24) is 5.16 Å². The molecule has 1 aliphatic rings. The second kappa shape index (κ2) is 4.45. The number of anilines is 1. The maximum atomic E-state index is 5.78. The Balaban J connectivity index is 1.95. The lowest BCUT2D eigenvalue weighted by molar-refractivity contribution is 0.436. The molecule has 1 heterocycles. The topological polar surface area (TPSA) is 52.0 Å². The summed E-state index contributed by atoms with van der Waals surface area (Å²) in [4.78, 5) is 1.27. The van der Waals surface area contributed by atoms with Gasteiger partial charge in [0.2, 0.25) is 5.88 Å². The third-order valence-corrected chi connectivity index (χ3v) is 4.54. The number of aromatic nitrogens is 1. The van der Waals surface area contributed by atoms with Crippen LogP contribution in [0.5, 0.6) is 0 Å². The highest BCUT2D eigenvalue weighted by atomic mass is 32.2. The van der Waals surface area contributed by atoms with E-state index < -0.39 is 0 Å². The first-order chi connectivity index (χ1) is 8.34. The molecule has 88 valence electrons. The van der Waals surface area contributed by atoms with Crippen LogP contribution in [0.3, 0.4) is 0 Å². The second-order valence-electron chi connectivity index (χ2n) is 4.27. The van der Waals surface area contributed by atoms with Gasteiger partial charge in [0.05, 0.1) is 11.8 Å². The van der Waals surface area contributed by atoms with Crippen molar-refractivity contribution < 1.29 is 4.52 Å². The van der Waals surface area contributed by atoms with Crippen LogP contribution in [0.1, 0.15) is 19.3 Å². The van der Waals surface area contributed by atoms with Crippen molar-refractivity contribution in [1.29, 1.82) is 0 Å². The second-order valence-corrected chi connectivity index (χ2v) is 5.61. The highest BCUT2D eigenvalue weighted by Crippen LogP contribution is 2.41. The fraction of sp³-hybridized carbons (Fsp3) is 0.308. The summed E-state index contributed by atoms with van der Waals surface area (Å²) in [5, 5.41) is 4.50. The quantitative estimate of drug-likeness (QED) is 0.899. The first kappa shape index (κ1) is 10.7. The molecule has 0 atom stereocenters. The van der Waals surface area contributed by atoms with Crippen LogP contribution in [0.4, 0.5) is 5.88 Å². The lowest BCUT2D eigenvalue weighted by atomic mass is 10.00. The normalized spacial score (nSPS) is 15.8. The summed E-state index contributed by atoms with van der Waals surface area (Å²) >= 11 is 1.94. The highest BCUT2D eigenvalue weighted by Gasteiger charge is 2.21. The van der Waals surface area contributed by atoms with Crippen molar-refractivity contribution in [2.45, 2.75) is 29.4 Å². The van der Waals surface area contributed by atoms with Crippen molar-refractivity contribution in [3.63, 3.8) is 0 Å². The molecule has 3 rings (SSSR count). The lowest BCUT2D eigenvalue weighted by Gasteiger charge is -2.25. The molecule has 17 heavy (non-hydrogen) atoms. The van der Waals surface area contributed by atoms with Gasteiger partial charge in [-0.3, -0.25) is 0 Å². The van der Waals surface area contributed by atoms with Crippen molar-refractivity contribution in [2.24, 2.45) is 0 Å². The average Bonchev–Trinajstić information content (AvgIpc) is 2.70. The van der Waals surface area contributed by atoms with E-state index in [9.17, 15) is 0 Å². The number of nitrogens with two attached hydrogens (primary N) is 1. The van der Waals surface area contributed by atoms with E-state index in [4.69, 9.17) is 10.3 Å². The van der Waals surface area contributed by atoms with Gasteiger partial charge in [-0.1, -0.05) is 29.8 Å². The van der Waals surface area contributed by atoms with Crippen molar-refractivity contribution in [3.8, 4) is 11.1 Å². The summed E-state index contributed by atoms with van der Waals surface area (Å²) < 4.78 is 4.94. The minimum absolute atomic E-state index is 0.395. The molecule has 0 spiro atoms. The number of hydrogen-bond acceptors (Lipinski definition) is 4. The molecule has 3 nitrogen and oxygen atoms in total. The van der Waals surface area contributed by atoms with Crippen molar-refractivity contribution in [3.05, 3.63) is 30.5 Å². The molecule has 0 unspecified atom stereocenters. The molecule has 0 aliphatic heterocycles. The van der Waals surface area contributed by atoms with Gasteiger partial charge in [-0.2, -0.15) is 0 Å². The summed E-state index contributed by atoms with van der Waals surface area (Å²) in [6.45, 7) is 0. The molecule has 2 N–H and O–H groups in total. The van der Waals surface area contributed by atoms with Crippen LogP contribution in [0.25, 0.3) is 11.1 Å². The van der Waals surface area contributed by atoms with Gasteiger partial charge in [-0.15, -0.1) is 11.8 Å². The van der Waals surface area contributed by atoms with Gasteiger partial charge in [-0.25, -0.2) is 0 Å². The Morgan fingerprint density at radius 3 is 2.71 bits per heavy atom. The van der Waals surface area contributed by atoms with Gasteiger partial charge >= 0.3 is 0 Å². The molecule has 4 heteroatoms. The Kier molecular flexibility index (Phi) is 2.81. The van der Waals surface area contributed by atoms with E-state index in [1.807, 2.05) is 17.8 Å². The van der Waals surface area contributed by atoms with Gasteiger partial charge in [0.25, 0.3) is 0 Å². The zero-order chi connectivity index (χ0) is 11.7. The van der Waals surface area contributed by atoms with Crippen molar-refractivity contribution >= 4 is 17.6 Å². The Morgan fingerprint density at radius 2 is 2.06 bits per heavy atom. The molecule has 1 aromatic heterocycles. The van der Waals surface area contributed by atoms with Crippen molar-refractivity contribution in [2.75, 3.05) is 5.73 Å². The van der Waals surface area contributed by atoms with E-state index in [1.165, 1.54) is 24.2 Å². The molecule has 1 aliphatic carbocycles. The summed E-state index contributed by atoms with van der Waals surface area (Å²) in [6, 6.07) is 8.30. The number of rotatable bonds is 3. The van der Waals surface area contributed by atoms with Crippen LogP contribution < -0.4 is 5.73 Å². The van der Waals surface area contributed by atoms with Gasteiger partial charge < -0.3 is 10.3 Å². The maximum absolute atomic E-state index is 5.78. The number of thioether (sulfide) groups is 1. The molecule has 1 fully saturated rings. The van der Waals surface area contributed by atoms with E-state index in [0.29, 0.717) is 5.88 Å². The highest BCUT2D eigenvalue weighted by molar-refractivity contribution is 8.00. The van der Waals surface area contributed by atoms with Crippen LogP contribution in [0.2, 0.25) is 0 Å². The lowest BCUT2D eigenvalue weighted by Crippen LogP contribution is -2.12. The summed E-state index contributed by atoms with van der Waals surface area (Å²) in [5.41, 5.74) is 7.80. The van der Waals surface area contributed by atoms with E-state index in [1.54, 1.807) is 6.20 Å². The molecule has 1 aromatic carbocycles. The molecule has 2 aromatic rings. The first-order valence-electron chi connectivity index (χ1n) is 5.81. The first-order valence-corrected chi connectivity index (χ1v) is 6.69. The van der Waals surface area contributed by atoms with E-state index in [0.717, 1.165) is 16.4 Å². The predicted octanol–water partition coefficient (Wildman–Crippen LogP) is 3.57. The number of nitrogens with zero attached hydrogens (tertiary/aromatic N) is 1. The number of nitrogen functional groups attached to an aromatic ring is 1. The molecule has 1 saturated carbocycles. The maximum Gasteiger partial charge on any atom is 0.229 e. The zero-order valence-corrected chi connectivity index (χ0v) is 10.2. The molecule has 0 saturated heterocycles. The Bertz CT molecular complexity index is 520. The molecular formula is C13H14N2OS. The van der Waals surface area contributed by atoms with Crippen LogP contribution in [0, 0.1) is 0 Å². The third-order valence-electron chi connectivity index (χ3n) is 3.12. The van der Waals surface area contributed by atoms with Gasteiger partial charge in [0.15, 0.2) is 0 Å². The van der Waals surface area contributed by atoms with Gasteiger partial charge in [0, 0.05) is 15.7 Å². The van der Waals surface area contributed by atoms with E-state index in [2.05, 4.69) is 23.4 Å². The van der Waals surface area contributed by atoms with Crippen LogP contribution >= 0.6 is 11.8 Å². The summed E-state index contributed by atoms with van der Waals surface area (Å²) in [5.74, 6) is 0.395. The smallest absolute Gasteiger partial charge is 0.229 e. The van der Waals surface area contributed by atoms with Crippen LogP contribution in [-0.4, -0.2) is 10.4 Å².